The summed E-state index contributed by atoms with van der Waals surface area (Å²) in [6.45, 7) is 2.44. The largest absolute Gasteiger partial charge is 0.481 e. The molecule has 0 aromatic heterocycles. The molecule has 5 heteroatoms. The molecule has 96 valence electrons. The van der Waals surface area contributed by atoms with Crippen LogP contribution in [0, 0.1) is 0 Å². The second kappa shape index (κ2) is 5.18. The molecule has 1 aromatic carbocycles. The first-order valence-electron chi connectivity index (χ1n) is 5.85. The first-order chi connectivity index (χ1) is 8.65. The van der Waals surface area contributed by atoms with Gasteiger partial charge in [-0.15, -0.1) is 0 Å². The van der Waals surface area contributed by atoms with Crippen molar-refractivity contribution in [3.05, 3.63) is 29.8 Å². The van der Waals surface area contributed by atoms with Gasteiger partial charge in [-0.1, -0.05) is 18.2 Å². The molecule has 1 amide bonds. The van der Waals surface area contributed by atoms with Crippen molar-refractivity contribution in [1.82, 2.24) is 0 Å². The van der Waals surface area contributed by atoms with Crippen LogP contribution < -0.4 is 4.90 Å². The maximum Gasteiger partial charge on any atom is 0.312 e. The van der Waals surface area contributed by atoms with E-state index >= 15 is 0 Å². The molecule has 0 bridgehead atoms. The summed E-state index contributed by atoms with van der Waals surface area (Å²) in [4.78, 5) is 24.6. The van der Waals surface area contributed by atoms with Gasteiger partial charge < -0.3 is 14.7 Å². The third kappa shape index (κ3) is 2.22. The number of carbonyl (C=O) groups is 2. The van der Waals surface area contributed by atoms with E-state index in [9.17, 15) is 9.59 Å². The molecule has 1 unspecified atom stereocenters. The third-order valence-electron chi connectivity index (χ3n) is 3.00. The smallest absolute Gasteiger partial charge is 0.312 e. The number of anilines is 1. The molecule has 0 fully saturated rings. The van der Waals surface area contributed by atoms with Gasteiger partial charge in [-0.25, -0.2) is 0 Å². The quantitative estimate of drug-likeness (QED) is 0.871. The molecular weight excluding hydrogens is 234 g/mol. The van der Waals surface area contributed by atoms with Crippen LogP contribution in [0.5, 0.6) is 0 Å². The number of hydrogen-bond donors (Lipinski definition) is 1. The molecule has 0 spiro atoms. The summed E-state index contributed by atoms with van der Waals surface area (Å²) in [5.41, 5.74) is 1.37. The van der Waals surface area contributed by atoms with Crippen LogP contribution in [0.1, 0.15) is 18.4 Å². The van der Waals surface area contributed by atoms with E-state index in [0.29, 0.717) is 17.9 Å². The van der Waals surface area contributed by atoms with E-state index in [1.165, 1.54) is 4.90 Å². The molecule has 1 heterocycles. The molecule has 18 heavy (non-hydrogen) atoms. The predicted molar refractivity (Wildman–Crippen MR) is 65.7 cm³/mol. The topological polar surface area (TPSA) is 66.8 Å². The zero-order valence-corrected chi connectivity index (χ0v) is 10.1. The summed E-state index contributed by atoms with van der Waals surface area (Å²) in [5, 5.41) is 9.17. The molecule has 2 rings (SSSR count). The minimum atomic E-state index is -0.908. The normalized spacial score (nSPS) is 17.6. The van der Waals surface area contributed by atoms with Gasteiger partial charge in [0.15, 0.2) is 0 Å². The van der Waals surface area contributed by atoms with Crippen molar-refractivity contribution in [3.63, 3.8) is 0 Å². The number of benzene rings is 1. The second-order valence-corrected chi connectivity index (χ2v) is 4.09. The fourth-order valence-electron chi connectivity index (χ4n) is 2.12. The Morgan fingerprint density at radius 1 is 1.44 bits per heavy atom. The van der Waals surface area contributed by atoms with Crippen molar-refractivity contribution in [1.29, 1.82) is 0 Å². The number of fused-ring (bicyclic) bond motifs is 1. The summed E-state index contributed by atoms with van der Waals surface area (Å²) in [6.07, 6.45) is 0. The molecule has 1 aromatic rings. The number of para-hydroxylation sites is 1. The fraction of sp³-hybridized carbons (Fsp3) is 0.385. The first kappa shape index (κ1) is 12.6. The second-order valence-electron chi connectivity index (χ2n) is 4.09. The van der Waals surface area contributed by atoms with Crippen molar-refractivity contribution in [2.45, 2.75) is 12.8 Å². The summed E-state index contributed by atoms with van der Waals surface area (Å²) in [5.74, 6) is -1.76. The molecule has 0 saturated heterocycles. The molecular formula is C13H15NO4. The van der Waals surface area contributed by atoms with Crippen molar-refractivity contribution in [2.75, 3.05) is 24.7 Å². The van der Waals surface area contributed by atoms with Gasteiger partial charge in [0, 0.05) is 18.8 Å². The van der Waals surface area contributed by atoms with Crippen LogP contribution in [0.2, 0.25) is 0 Å². The van der Waals surface area contributed by atoms with Crippen LogP contribution >= 0.6 is 0 Å². The molecule has 5 nitrogen and oxygen atoms in total. The Hall–Kier alpha value is -1.88. The maximum atomic E-state index is 11.9. The highest BCUT2D eigenvalue weighted by Crippen LogP contribution is 2.36. The number of hydrogen-bond acceptors (Lipinski definition) is 3. The van der Waals surface area contributed by atoms with Crippen LogP contribution in [0.3, 0.4) is 0 Å². The Kier molecular flexibility index (Phi) is 3.62. The average Bonchev–Trinajstić information content (AvgIpc) is 2.75. The number of ether oxygens (including phenoxy) is 1. The Labute approximate surface area is 105 Å². The van der Waals surface area contributed by atoms with Gasteiger partial charge in [-0.2, -0.15) is 0 Å². The highest BCUT2D eigenvalue weighted by Gasteiger charge is 2.35. The molecule has 0 radical (unpaired) electrons. The van der Waals surface area contributed by atoms with Gasteiger partial charge in [0.1, 0.15) is 12.5 Å². The summed E-state index contributed by atoms with van der Waals surface area (Å²) in [6, 6.07) is 7.10. The summed E-state index contributed by atoms with van der Waals surface area (Å²) < 4.78 is 5.08. The van der Waals surface area contributed by atoms with E-state index < -0.39 is 11.9 Å². The van der Waals surface area contributed by atoms with Gasteiger partial charge >= 0.3 is 5.97 Å². The lowest BCUT2D eigenvalue weighted by Crippen LogP contribution is -2.34. The lowest BCUT2D eigenvalue weighted by Gasteiger charge is -2.17. The highest BCUT2D eigenvalue weighted by atomic mass is 16.5. The number of carboxylic acids is 1. The fourth-order valence-corrected chi connectivity index (χ4v) is 2.12. The van der Waals surface area contributed by atoms with E-state index in [-0.39, 0.29) is 19.1 Å². The van der Waals surface area contributed by atoms with Crippen molar-refractivity contribution >= 4 is 17.6 Å². The first-order valence-corrected chi connectivity index (χ1v) is 5.85. The molecule has 1 atom stereocenters. The number of rotatable bonds is 4. The van der Waals surface area contributed by atoms with E-state index in [1.807, 2.05) is 6.92 Å². The molecule has 1 aliphatic heterocycles. The Morgan fingerprint density at radius 3 is 2.83 bits per heavy atom. The van der Waals surface area contributed by atoms with Gasteiger partial charge in [-0.3, -0.25) is 9.59 Å². The van der Waals surface area contributed by atoms with Crippen LogP contribution in [-0.4, -0.2) is 36.7 Å². The van der Waals surface area contributed by atoms with Crippen molar-refractivity contribution in [2.24, 2.45) is 0 Å². The maximum absolute atomic E-state index is 11.9. The third-order valence-corrected chi connectivity index (χ3v) is 3.00. The summed E-state index contributed by atoms with van der Waals surface area (Å²) in [7, 11) is 0. The van der Waals surface area contributed by atoms with E-state index in [2.05, 4.69) is 0 Å². The zero-order chi connectivity index (χ0) is 13.1. The number of amides is 1. The van der Waals surface area contributed by atoms with Crippen LogP contribution in [0.25, 0.3) is 0 Å². The predicted octanol–water partition coefficient (Wildman–Crippen LogP) is 1.24. The minimum Gasteiger partial charge on any atom is -0.481 e. The number of aliphatic carboxylic acids is 1. The van der Waals surface area contributed by atoms with E-state index in [0.717, 1.165) is 0 Å². The lowest BCUT2D eigenvalue weighted by molar-refractivity contribution is -0.138. The Morgan fingerprint density at radius 2 is 2.17 bits per heavy atom. The Bertz CT molecular complexity index is 472. The number of carbonyl (C=O) groups excluding carboxylic acids is 1. The van der Waals surface area contributed by atoms with Gasteiger partial charge in [0.05, 0.1) is 0 Å². The SMILES string of the molecule is CCOCC(=O)N1CC(C(=O)O)c2ccccc21. The Balaban J connectivity index is 2.25. The average molecular weight is 249 g/mol. The molecule has 0 saturated carbocycles. The standard InChI is InChI=1S/C13H15NO4/c1-2-18-8-12(15)14-7-10(13(16)17)9-5-3-4-6-11(9)14/h3-6,10H,2,7-8H2,1H3,(H,16,17). The highest BCUT2D eigenvalue weighted by molar-refractivity contribution is 5.99. The van der Waals surface area contributed by atoms with Crippen LogP contribution in [0.15, 0.2) is 24.3 Å². The summed E-state index contributed by atoms with van der Waals surface area (Å²) >= 11 is 0. The van der Waals surface area contributed by atoms with Gasteiger partial charge in [-0.05, 0) is 18.6 Å². The monoisotopic (exact) mass is 249 g/mol. The molecule has 1 aliphatic rings. The lowest BCUT2D eigenvalue weighted by atomic mass is 10.0. The number of nitrogens with zero attached hydrogens (tertiary/aromatic N) is 1. The van der Waals surface area contributed by atoms with Crippen LogP contribution in [-0.2, 0) is 14.3 Å². The minimum absolute atomic E-state index is 0.0167. The van der Waals surface area contributed by atoms with E-state index in [4.69, 9.17) is 9.84 Å². The molecule has 1 N–H and O–H groups in total. The van der Waals surface area contributed by atoms with Crippen LogP contribution in [0.4, 0.5) is 5.69 Å². The van der Waals surface area contributed by atoms with Crippen molar-refractivity contribution < 1.29 is 19.4 Å². The van der Waals surface area contributed by atoms with E-state index in [1.54, 1.807) is 24.3 Å². The zero-order valence-electron chi connectivity index (χ0n) is 10.1. The van der Waals surface area contributed by atoms with Gasteiger partial charge in [0.25, 0.3) is 5.91 Å². The molecule has 0 aliphatic carbocycles. The van der Waals surface area contributed by atoms with Gasteiger partial charge in [0.2, 0.25) is 0 Å². The number of carboxylic acid groups (broad SMARTS) is 1. The van der Waals surface area contributed by atoms with Crippen molar-refractivity contribution in [3.8, 4) is 0 Å².